The maximum absolute atomic E-state index is 12.3. The van der Waals surface area contributed by atoms with Crippen LogP contribution in [0.4, 0.5) is 24.5 Å². The van der Waals surface area contributed by atoms with Gasteiger partial charge in [-0.05, 0) is 30.3 Å². The van der Waals surface area contributed by atoms with Crippen molar-refractivity contribution in [3.63, 3.8) is 0 Å². The lowest BCUT2D eigenvalue weighted by molar-refractivity contribution is -0.387. The second-order valence-corrected chi connectivity index (χ2v) is 5.00. The molecule has 0 spiro atoms. The summed E-state index contributed by atoms with van der Waals surface area (Å²) in [6, 6.07) is 7.39. The van der Waals surface area contributed by atoms with Gasteiger partial charge in [0.15, 0.2) is 0 Å². The first-order valence-electron chi connectivity index (χ1n) is 6.71. The number of nitro groups is 1. The van der Waals surface area contributed by atoms with Gasteiger partial charge in [-0.25, -0.2) is 0 Å². The van der Waals surface area contributed by atoms with E-state index in [2.05, 4.69) is 4.74 Å². The van der Waals surface area contributed by atoms with Crippen LogP contribution in [0.5, 0.6) is 5.75 Å². The summed E-state index contributed by atoms with van der Waals surface area (Å²) in [7, 11) is 0. The average Bonchev–Trinajstić information content (AvgIpc) is 2.78. The van der Waals surface area contributed by atoms with Crippen LogP contribution in [-0.4, -0.2) is 27.5 Å². The summed E-state index contributed by atoms with van der Waals surface area (Å²) in [6.45, 7) is 0. The number of hydrogen-bond donors (Lipinski definition) is 0. The van der Waals surface area contributed by atoms with E-state index in [0.29, 0.717) is 0 Å². The Morgan fingerprint density at radius 2 is 1.72 bits per heavy atom. The van der Waals surface area contributed by atoms with E-state index in [4.69, 9.17) is 0 Å². The molecule has 0 unspecified atom stereocenters. The largest absolute Gasteiger partial charge is 0.618 e. The first kappa shape index (κ1) is 16.4. The van der Waals surface area contributed by atoms with Crippen LogP contribution in [0.15, 0.2) is 42.5 Å². The van der Waals surface area contributed by atoms with Crippen molar-refractivity contribution in [1.29, 1.82) is 0 Å². The molecule has 1 aliphatic heterocycles. The van der Waals surface area contributed by atoms with E-state index in [9.17, 15) is 33.3 Å². The van der Waals surface area contributed by atoms with Gasteiger partial charge in [0.2, 0.25) is 5.69 Å². The summed E-state index contributed by atoms with van der Waals surface area (Å²) in [5.41, 5.74) is -0.846. The molecule has 0 saturated carbocycles. The van der Waals surface area contributed by atoms with Crippen LogP contribution >= 0.6 is 0 Å². The summed E-state index contributed by atoms with van der Waals surface area (Å²) in [5, 5.41) is 23.1. The van der Waals surface area contributed by atoms with E-state index < -0.39 is 22.8 Å². The number of rotatable bonds is 3. The molecule has 7 nitrogen and oxygen atoms in total. The number of fused-ring (bicyclic) bond motifs is 1. The Morgan fingerprint density at radius 3 is 2.28 bits per heavy atom. The van der Waals surface area contributed by atoms with Gasteiger partial charge in [-0.1, -0.05) is 0 Å². The van der Waals surface area contributed by atoms with Gasteiger partial charge in [0.25, 0.3) is 17.2 Å². The lowest BCUT2D eigenvalue weighted by Crippen LogP contribution is -2.18. The third kappa shape index (κ3) is 3.01. The van der Waals surface area contributed by atoms with Gasteiger partial charge in [0, 0.05) is 6.07 Å². The van der Waals surface area contributed by atoms with Crippen molar-refractivity contribution in [3.05, 3.63) is 68.9 Å². The predicted octanol–water partition coefficient (Wildman–Crippen LogP) is 3.32. The maximum Gasteiger partial charge on any atom is 0.573 e. The molecule has 128 valence electrons. The Bertz CT molecular complexity index is 920. The number of non-ortho nitro benzene ring substituents is 1. The molecular formula is C15H7F3N2O5. The van der Waals surface area contributed by atoms with Crippen molar-refractivity contribution < 1.29 is 32.4 Å². The summed E-state index contributed by atoms with van der Waals surface area (Å²) in [5.74, 6) is -1.18. The molecule has 2 aromatic rings. The Balaban J connectivity index is 1.99. The minimum atomic E-state index is -4.86. The second-order valence-electron chi connectivity index (χ2n) is 5.00. The number of nitro benzene ring substituents is 1. The molecule has 0 radical (unpaired) electrons. The third-order valence-electron chi connectivity index (χ3n) is 3.44. The van der Waals surface area contributed by atoms with Gasteiger partial charge in [0.1, 0.15) is 11.3 Å². The fourth-order valence-corrected chi connectivity index (χ4v) is 2.40. The summed E-state index contributed by atoms with van der Waals surface area (Å²) in [6.07, 6.45) is -4.86. The van der Waals surface area contributed by atoms with Crippen molar-refractivity contribution >= 4 is 22.9 Å². The first-order valence-corrected chi connectivity index (χ1v) is 6.71. The van der Waals surface area contributed by atoms with Crippen LogP contribution in [0.3, 0.4) is 0 Å². The number of ketones is 1. The Kier molecular flexibility index (Phi) is 3.67. The monoisotopic (exact) mass is 352 g/mol. The van der Waals surface area contributed by atoms with E-state index in [-0.39, 0.29) is 33.0 Å². The predicted molar refractivity (Wildman–Crippen MR) is 77.9 cm³/mol. The van der Waals surface area contributed by atoms with Crippen LogP contribution in [0.1, 0.15) is 15.9 Å². The smallest absolute Gasteiger partial charge is 0.573 e. The topological polar surface area (TPSA) is 95.5 Å². The normalized spacial score (nSPS) is 13.8. The Labute approximate surface area is 137 Å². The maximum atomic E-state index is 12.3. The number of carbonyl (C=O) groups excluding carboxylic acids is 1. The zero-order valence-electron chi connectivity index (χ0n) is 12.1. The van der Waals surface area contributed by atoms with E-state index in [0.717, 1.165) is 42.5 Å². The molecule has 0 fully saturated rings. The molecule has 1 aliphatic rings. The molecule has 10 heteroatoms. The molecule has 1 heterocycles. The molecule has 3 rings (SSSR count). The van der Waals surface area contributed by atoms with Gasteiger partial charge in [0.05, 0.1) is 16.6 Å². The standard InChI is InChI=1S/C15H7F3N2O5/c16-15(17,18)25-10-4-1-8(2-5-10)13-14(21)11-6-3-9(20(23)24)7-12(11)19(13)22/h1-7H. The molecule has 0 atom stereocenters. The molecule has 0 saturated heterocycles. The van der Waals surface area contributed by atoms with E-state index in [1.807, 2.05) is 0 Å². The number of nitrogens with zero attached hydrogens (tertiary/aromatic N) is 2. The van der Waals surface area contributed by atoms with E-state index >= 15 is 0 Å². The van der Waals surface area contributed by atoms with Gasteiger partial charge in [-0.2, -0.15) is 4.74 Å². The highest BCUT2D eigenvalue weighted by atomic mass is 19.4. The van der Waals surface area contributed by atoms with Crippen molar-refractivity contribution in [1.82, 2.24) is 0 Å². The molecular weight excluding hydrogens is 345 g/mol. The van der Waals surface area contributed by atoms with E-state index in [1.54, 1.807) is 0 Å². The van der Waals surface area contributed by atoms with Crippen LogP contribution in [-0.2, 0) is 0 Å². The quantitative estimate of drug-likeness (QED) is 0.365. The zero-order chi connectivity index (χ0) is 18.4. The lowest BCUT2D eigenvalue weighted by Gasteiger charge is -2.08. The lowest BCUT2D eigenvalue weighted by atomic mass is 10.0. The second kappa shape index (κ2) is 5.58. The molecule has 2 aromatic carbocycles. The number of hydrogen-bond acceptors (Lipinski definition) is 5. The van der Waals surface area contributed by atoms with Gasteiger partial charge in [-0.3, -0.25) is 14.9 Å². The molecule has 0 aliphatic carbocycles. The highest BCUT2D eigenvalue weighted by molar-refractivity contribution is 6.52. The van der Waals surface area contributed by atoms with E-state index in [1.165, 1.54) is 0 Å². The van der Waals surface area contributed by atoms with Crippen LogP contribution in [0, 0.1) is 15.3 Å². The van der Waals surface area contributed by atoms with Gasteiger partial charge >= 0.3 is 6.36 Å². The summed E-state index contributed by atoms with van der Waals surface area (Å²) in [4.78, 5) is 22.4. The molecule has 0 bridgehead atoms. The zero-order valence-corrected chi connectivity index (χ0v) is 12.1. The van der Waals surface area contributed by atoms with Crippen LogP contribution in [0.2, 0.25) is 0 Å². The summed E-state index contributed by atoms with van der Waals surface area (Å²) >= 11 is 0. The molecule has 0 N–H and O–H groups in total. The number of carbonyl (C=O) groups is 1. The summed E-state index contributed by atoms with van der Waals surface area (Å²) < 4.78 is 40.4. The van der Waals surface area contributed by atoms with Crippen molar-refractivity contribution in [2.45, 2.75) is 6.36 Å². The van der Waals surface area contributed by atoms with Gasteiger partial charge in [-0.15, -0.1) is 13.2 Å². The minimum Gasteiger partial charge on any atom is -0.618 e. The Hall–Kier alpha value is -3.43. The van der Waals surface area contributed by atoms with Gasteiger partial charge < -0.3 is 9.94 Å². The molecule has 25 heavy (non-hydrogen) atoms. The van der Waals surface area contributed by atoms with Crippen molar-refractivity contribution in [2.75, 3.05) is 0 Å². The first-order chi connectivity index (χ1) is 11.7. The number of alkyl halides is 3. The SMILES string of the molecule is O=C1C(c2ccc(OC(F)(F)F)cc2)=[N+]([O-])c2cc([N+](=O)[O-])ccc21. The highest BCUT2D eigenvalue weighted by Crippen LogP contribution is 2.32. The number of ether oxygens (including phenoxy) is 1. The van der Waals surface area contributed by atoms with Crippen molar-refractivity contribution in [2.24, 2.45) is 0 Å². The van der Waals surface area contributed by atoms with Crippen LogP contribution in [0.25, 0.3) is 0 Å². The number of Topliss-reactive ketones (excluding diaryl/α,β-unsaturated/α-hetero) is 1. The fourth-order valence-electron chi connectivity index (χ4n) is 2.40. The fraction of sp³-hybridized carbons (Fsp3) is 0.0667. The molecule has 0 aromatic heterocycles. The van der Waals surface area contributed by atoms with Crippen molar-refractivity contribution in [3.8, 4) is 5.75 Å². The third-order valence-corrected chi connectivity index (χ3v) is 3.44. The number of halogens is 3. The average molecular weight is 352 g/mol. The number of benzene rings is 2. The molecule has 0 amide bonds. The minimum absolute atomic E-state index is 0.0220. The Morgan fingerprint density at radius 1 is 1.08 bits per heavy atom. The van der Waals surface area contributed by atoms with Crippen LogP contribution < -0.4 is 4.74 Å². The highest BCUT2D eigenvalue weighted by Gasteiger charge is 2.38.